The molecule has 1 spiro atoms. The van der Waals surface area contributed by atoms with Crippen LogP contribution in [-0.2, 0) is 14.2 Å². The highest BCUT2D eigenvalue weighted by molar-refractivity contribution is 5.68. The van der Waals surface area contributed by atoms with Crippen molar-refractivity contribution in [3.8, 4) is 0 Å². The number of hydrogen-bond acceptors (Lipinski definition) is 4. The van der Waals surface area contributed by atoms with E-state index in [2.05, 4.69) is 0 Å². The molecule has 0 radical (unpaired) electrons. The Morgan fingerprint density at radius 1 is 1.38 bits per heavy atom. The highest BCUT2D eigenvalue weighted by Crippen LogP contribution is 2.30. The Bertz CT molecular complexity index is 280. The molecule has 1 atom stereocenters. The van der Waals surface area contributed by atoms with Crippen LogP contribution in [0.25, 0.3) is 0 Å². The normalized spacial score (nSPS) is 30.1. The smallest absolute Gasteiger partial charge is 0.410 e. The monoisotopic (exact) mass is 229 g/mol. The van der Waals surface area contributed by atoms with E-state index >= 15 is 0 Å². The number of rotatable bonds is 0. The van der Waals surface area contributed by atoms with Crippen LogP contribution >= 0.6 is 0 Å². The van der Waals surface area contributed by atoms with Gasteiger partial charge in [-0.3, -0.25) is 0 Å². The van der Waals surface area contributed by atoms with Gasteiger partial charge in [-0.2, -0.15) is 0 Å². The zero-order valence-electron chi connectivity index (χ0n) is 10.1. The van der Waals surface area contributed by atoms with Crippen molar-refractivity contribution in [3.63, 3.8) is 0 Å². The molecular weight excluding hydrogens is 210 g/mol. The molecule has 0 aromatic heterocycles. The van der Waals surface area contributed by atoms with Crippen LogP contribution in [0.15, 0.2) is 0 Å². The quantitative estimate of drug-likeness (QED) is 0.582. The maximum absolute atomic E-state index is 11.9. The molecule has 0 bridgehead atoms. The third-order valence-corrected chi connectivity index (χ3v) is 2.55. The molecule has 2 aliphatic heterocycles. The van der Waals surface area contributed by atoms with Gasteiger partial charge in [-0.25, -0.2) is 4.79 Å². The predicted molar refractivity (Wildman–Crippen MR) is 57.3 cm³/mol. The molecule has 16 heavy (non-hydrogen) atoms. The van der Waals surface area contributed by atoms with Crippen molar-refractivity contribution in [2.45, 2.75) is 32.0 Å². The van der Waals surface area contributed by atoms with E-state index in [1.165, 1.54) is 0 Å². The van der Waals surface area contributed by atoms with E-state index in [0.29, 0.717) is 32.9 Å². The maximum atomic E-state index is 11.9. The van der Waals surface area contributed by atoms with E-state index in [1.54, 1.807) is 4.90 Å². The van der Waals surface area contributed by atoms with E-state index in [0.717, 1.165) is 0 Å². The van der Waals surface area contributed by atoms with Gasteiger partial charge in [0.25, 0.3) is 0 Å². The Kier molecular flexibility index (Phi) is 2.84. The van der Waals surface area contributed by atoms with Crippen molar-refractivity contribution >= 4 is 6.09 Å². The summed E-state index contributed by atoms with van der Waals surface area (Å²) in [5, 5.41) is 0. The number of carbonyl (C=O) groups is 1. The van der Waals surface area contributed by atoms with E-state index in [4.69, 9.17) is 14.2 Å². The molecule has 2 heterocycles. The molecule has 0 saturated carbocycles. The summed E-state index contributed by atoms with van der Waals surface area (Å²) in [6, 6.07) is 0. The molecule has 2 fully saturated rings. The van der Waals surface area contributed by atoms with Crippen LogP contribution in [-0.4, -0.2) is 55.1 Å². The molecule has 2 rings (SSSR count). The fourth-order valence-electron chi connectivity index (χ4n) is 1.66. The van der Waals surface area contributed by atoms with E-state index in [-0.39, 0.29) is 11.7 Å². The molecule has 1 amide bonds. The van der Waals surface area contributed by atoms with Crippen LogP contribution in [0.4, 0.5) is 4.79 Å². The molecule has 92 valence electrons. The van der Waals surface area contributed by atoms with Gasteiger partial charge in [-0.1, -0.05) is 0 Å². The van der Waals surface area contributed by atoms with Crippen LogP contribution in [0, 0.1) is 0 Å². The van der Waals surface area contributed by atoms with Gasteiger partial charge in [-0.15, -0.1) is 0 Å². The Labute approximate surface area is 95.6 Å². The van der Waals surface area contributed by atoms with Crippen LogP contribution in [0.3, 0.4) is 0 Å². The fourth-order valence-corrected chi connectivity index (χ4v) is 1.66. The summed E-state index contributed by atoms with van der Waals surface area (Å²) in [6.07, 6.45) is -0.284. The van der Waals surface area contributed by atoms with Gasteiger partial charge in [0.1, 0.15) is 11.2 Å². The van der Waals surface area contributed by atoms with Crippen LogP contribution in [0.2, 0.25) is 0 Å². The summed E-state index contributed by atoms with van der Waals surface area (Å²) in [5.41, 5.74) is -0.713. The molecule has 0 aliphatic carbocycles. The van der Waals surface area contributed by atoms with Gasteiger partial charge in [0.15, 0.2) is 0 Å². The third-order valence-electron chi connectivity index (χ3n) is 2.55. The standard InChI is InChI=1S/C11H19NO4/c1-10(2,3)16-9(13)12-4-5-14-7-11(6-12)8-15-11/h4-8H2,1-3H3/t11-/m1/s1. The number of ether oxygens (including phenoxy) is 3. The molecule has 0 aromatic rings. The Balaban J connectivity index is 1.94. The summed E-state index contributed by atoms with van der Waals surface area (Å²) in [5.74, 6) is 0. The van der Waals surface area contributed by atoms with Gasteiger partial charge in [0, 0.05) is 6.54 Å². The number of amides is 1. The summed E-state index contributed by atoms with van der Waals surface area (Å²) in [7, 11) is 0. The lowest BCUT2D eigenvalue weighted by Gasteiger charge is -2.26. The van der Waals surface area contributed by atoms with E-state index < -0.39 is 5.60 Å². The first-order valence-corrected chi connectivity index (χ1v) is 5.60. The molecule has 2 saturated heterocycles. The highest BCUT2D eigenvalue weighted by atomic mass is 16.6. The lowest BCUT2D eigenvalue weighted by atomic mass is 10.2. The maximum Gasteiger partial charge on any atom is 0.410 e. The van der Waals surface area contributed by atoms with Crippen molar-refractivity contribution in [1.82, 2.24) is 4.90 Å². The molecule has 0 N–H and O–H groups in total. The highest BCUT2D eigenvalue weighted by Gasteiger charge is 2.49. The van der Waals surface area contributed by atoms with Crippen LogP contribution < -0.4 is 0 Å². The van der Waals surface area contributed by atoms with Crippen molar-refractivity contribution in [2.24, 2.45) is 0 Å². The predicted octanol–water partition coefficient (Wildman–Crippen LogP) is 1.02. The zero-order chi connectivity index (χ0) is 11.8. The second-order valence-corrected chi connectivity index (χ2v) is 5.43. The minimum Gasteiger partial charge on any atom is -0.444 e. The Morgan fingerprint density at radius 2 is 2.06 bits per heavy atom. The molecule has 0 aromatic carbocycles. The summed E-state index contributed by atoms with van der Waals surface area (Å²) >= 11 is 0. The van der Waals surface area contributed by atoms with Gasteiger partial charge in [-0.05, 0) is 20.8 Å². The lowest BCUT2D eigenvalue weighted by Crippen LogP contribution is -2.42. The molecule has 2 aliphatic rings. The Hall–Kier alpha value is -0.810. The summed E-state index contributed by atoms with van der Waals surface area (Å²) in [4.78, 5) is 13.5. The molecular formula is C11H19NO4. The van der Waals surface area contributed by atoms with E-state index in [9.17, 15) is 4.79 Å². The average molecular weight is 229 g/mol. The van der Waals surface area contributed by atoms with Gasteiger partial charge in [0.05, 0.1) is 26.4 Å². The van der Waals surface area contributed by atoms with Gasteiger partial charge < -0.3 is 19.1 Å². The SMILES string of the molecule is CC(C)(C)OC(=O)N1CCOC[C@@]2(CO2)C1. The van der Waals surface area contributed by atoms with E-state index in [1.807, 2.05) is 20.8 Å². The first-order valence-electron chi connectivity index (χ1n) is 5.60. The van der Waals surface area contributed by atoms with Crippen molar-refractivity contribution in [1.29, 1.82) is 0 Å². The second kappa shape index (κ2) is 3.89. The molecule has 5 nitrogen and oxygen atoms in total. The lowest BCUT2D eigenvalue weighted by molar-refractivity contribution is 0.0224. The average Bonchev–Trinajstić information content (AvgIpc) is 2.91. The minimum atomic E-state index is -0.457. The van der Waals surface area contributed by atoms with Crippen LogP contribution in [0.1, 0.15) is 20.8 Å². The second-order valence-electron chi connectivity index (χ2n) is 5.43. The number of carbonyl (C=O) groups excluding carboxylic acids is 1. The third kappa shape index (κ3) is 2.86. The van der Waals surface area contributed by atoms with Crippen LogP contribution in [0.5, 0.6) is 0 Å². The molecule has 5 heteroatoms. The number of hydrogen-bond donors (Lipinski definition) is 0. The number of nitrogens with zero attached hydrogens (tertiary/aromatic N) is 1. The van der Waals surface area contributed by atoms with Crippen molar-refractivity contribution in [2.75, 3.05) is 32.9 Å². The largest absolute Gasteiger partial charge is 0.444 e. The van der Waals surface area contributed by atoms with Crippen molar-refractivity contribution < 1.29 is 19.0 Å². The first kappa shape index (κ1) is 11.7. The summed E-state index contributed by atoms with van der Waals surface area (Å²) < 4.78 is 16.1. The van der Waals surface area contributed by atoms with Gasteiger partial charge in [0.2, 0.25) is 0 Å². The summed E-state index contributed by atoms with van der Waals surface area (Å²) in [6.45, 7) is 8.53. The number of epoxide rings is 1. The first-order chi connectivity index (χ1) is 7.40. The zero-order valence-corrected chi connectivity index (χ0v) is 10.1. The minimum absolute atomic E-state index is 0.257. The fraction of sp³-hybridized carbons (Fsp3) is 0.909. The topological polar surface area (TPSA) is 51.3 Å². The molecule has 0 unspecified atom stereocenters. The van der Waals surface area contributed by atoms with Crippen molar-refractivity contribution in [3.05, 3.63) is 0 Å². The van der Waals surface area contributed by atoms with Gasteiger partial charge >= 0.3 is 6.09 Å². The Morgan fingerprint density at radius 3 is 2.62 bits per heavy atom.